The Morgan fingerprint density at radius 2 is 1.32 bits per heavy atom. The van der Waals surface area contributed by atoms with Crippen LogP contribution in [0.2, 0.25) is 0 Å². The van der Waals surface area contributed by atoms with E-state index < -0.39 is 47.8 Å². The Kier molecular flexibility index (Phi) is 8.54. The molecule has 0 saturated carbocycles. The summed E-state index contributed by atoms with van der Waals surface area (Å²) in [6.07, 6.45) is -10.4. The molecule has 0 amide bonds. The fraction of sp³-hybridized carbons (Fsp3) is 0.167. The van der Waals surface area contributed by atoms with Crippen molar-refractivity contribution < 1.29 is 30.7 Å². The molecule has 40 heavy (non-hydrogen) atoms. The van der Waals surface area contributed by atoms with E-state index in [1.807, 2.05) is 0 Å². The van der Waals surface area contributed by atoms with Gasteiger partial charge in [-0.3, -0.25) is 0 Å². The van der Waals surface area contributed by atoms with Gasteiger partial charge in [-0.05, 0) is 42.8 Å². The van der Waals surface area contributed by atoms with E-state index in [0.29, 0.717) is 6.07 Å². The molecule has 0 aliphatic heterocycles. The molecule has 3 aromatic rings. The van der Waals surface area contributed by atoms with Crippen LogP contribution < -0.4 is 0 Å². The predicted molar refractivity (Wildman–Crippen MR) is 131 cm³/mol. The second kappa shape index (κ2) is 11.7. The number of benzene rings is 3. The largest absolute Gasteiger partial charge is 0.416 e. The summed E-state index contributed by atoms with van der Waals surface area (Å²) in [7, 11) is 0. The predicted octanol–water partition coefficient (Wildman–Crippen LogP) is 7.65. The van der Waals surface area contributed by atoms with E-state index in [2.05, 4.69) is 28.5 Å². The summed E-state index contributed by atoms with van der Waals surface area (Å²) in [6, 6.07) is 10.7. The van der Waals surface area contributed by atoms with Gasteiger partial charge in [0.2, 0.25) is 0 Å². The number of nitriles is 2. The Balaban J connectivity index is 2.21. The van der Waals surface area contributed by atoms with Gasteiger partial charge in [0.25, 0.3) is 0 Å². The fourth-order valence-corrected chi connectivity index (χ4v) is 3.70. The number of aryl methyl sites for hydroxylation is 1. The van der Waals surface area contributed by atoms with Crippen molar-refractivity contribution in [3.63, 3.8) is 0 Å². The zero-order chi connectivity index (χ0) is 29.7. The highest BCUT2D eigenvalue weighted by Gasteiger charge is 2.33. The second-order valence-corrected chi connectivity index (χ2v) is 8.34. The quantitative estimate of drug-likeness (QED) is 0.187. The van der Waals surface area contributed by atoms with Gasteiger partial charge in [0.05, 0.1) is 42.7 Å². The first-order chi connectivity index (χ1) is 18.8. The van der Waals surface area contributed by atoms with Crippen LogP contribution in [-0.4, -0.2) is 0 Å². The zero-order valence-corrected chi connectivity index (χ0v) is 20.4. The summed E-state index contributed by atoms with van der Waals surface area (Å²) >= 11 is 0. The summed E-state index contributed by atoms with van der Waals surface area (Å²) < 4.78 is 95.0. The standard InChI is InChI=1S/C30H14F7N3/c1-18-13-20(15-23(14-18)29(32,33)34)4-7-22-17-21(24(9-11-38)28(31)25(22)10-12-39)6-3-19-5-8-27(40-2)26(16-19)30(35,36)37/h5,8,13-17H,9-10H2,1H3. The van der Waals surface area contributed by atoms with Crippen LogP contribution in [0.3, 0.4) is 0 Å². The lowest BCUT2D eigenvalue weighted by Gasteiger charge is -2.10. The minimum Gasteiger partial charge on any atom is -0.238 e. The van der Waals surface area contributed by atoms with Crippen LogP contribution in [0.1, 0.15) is 50.1 Å². The summed E-state index contributed by atoms with van der Waals surface area (Å²) in [4.78, 5) is 2.85. The molecule has 0 heterocycles. The molecule has 0 aliphatic rings. The van der Waals surface area contributed by atoms with E-state index in [4.69, 9.17) is 6.57 Å². The smallest absolute Gasteiger partial charge is 0.238 e. The van der Waals surface area contributed by atoms with Crippen LogP contribution in [0.15, 0.2) is 42.5 Å². The SMILES string of the molecule is [C-]#[N+]c1ccc(C#Cc2cc(C#Cc3cc(C)cc(C(F)(F)F)c3)c(CC#N)c(F)c2CC#N)cc1C(F)(F)F. The molecule has 10 heteroatoms. The lowest BCUT2D eigenvalue weighted by Crippen LogP contribution is -2.06. The highest BCUT2D eigenvalue weighted by Crippen LogP contribution is 2.37. The third-order valence-corrected chi connectivity index (χ3v) is 5.49. The minimum absolute atomic E-state index is 0.0241. The molecule has 0 bridgehead atoms. The first-order valence-corrected chi connectivity index (χ1v) is 11.2. The van der Waals surface area contributed by atoms with Gasteiger partial charge in [-0.2, -0.15) is 36.9 Å². The molecule has 0 N–H and O–H groups in total. The van der Waals surface area contributed by atoms with Crippen LogP contribution in [0, 0.1) is 65.7 Å². The molecule has 0 unspecified atom stereocenters. The zero-order valence-electron chi connectivity index (χ0n) is 20.4. The third-order valence-electron chi connectivity index (χ3n) is 5.49. The molecule has 0 atom stereocenters. The maximum absolute atomic E-state index is 15.5. The monoisotopic (exact) mass is 549 g/mol. The van der Waals surface area contributed by atoms with Crippen molar-refractivity contribution in [1.29, 1.82) is 10.5 Å². The molecule has 3 aromatic carbocycles. The van der Waals surface area contributed by atoms with E-state index in [1.165, 1.54) is 25.1 Å². The molecular formula is C30H14F7N3. The van der Waals surface area contributed by atoms with Gasteiger partial charge in [0.1, 0.15) is 5.82 Å². The Morgan fingerprint density at radius 1 is 0.750 bits per heavy atom. The highest BCUT2D eigenvalue weighted by molar-refractivity contribution is 5.60. The summed E-state index contributed by atoms with van der Waals surface area (Å²) in [6.45, 7) is 8.37. The van der Waals surface area contributed by atoms with Gasteiger partial charge < -0.3 is 0 Å². The van der Waals surface area contributed by atoms with Gasteiger partial charge in [-0.1, -0.05) is 35.8 Å². The van der Waals surface area contributed by atoms with Crippen molar-refractivity contribution >= 4 is 5.69 Å². The number of nitrogens with zero attached hydrogens (tertiary/aromatic N) is 3. The summed E-state index contributed by atoms with van der Waals surface area (Å²) in [5, 5.41) is 18.4. The molecule has 0 saturated heterocycles. The third kappa shape index (κ3) is 6.79. The van der Waals surface area contributed by atoms with Gasteiger partial charge in [-0.15, -0.1) is 0 Å². The lowest BCUT2D eigenvalue weighted by molar-refractivity contribution is -0.138. The summed E-state index contributed by atoms with van der Waals surface area (Å²) in [5.41, 5.74) is -3.25. The molecule has 0 aliphatic carbocycles. The van der Waals surface area contributed by atoms with Crippen molar-refractivity contribution in [2.24, 2.45) is 0 Å². The van der Waals surface area contributed by atoms with Gasteiger partial charge in [0, 0.05) is 33.4 Å². The molecule has 198 valence electrons. The normalized spacial score (nSPS) is 10.7. The van der Waals surface area contributed by atoms with Gasteiger partial charge in [0.15, 0.2) is 5.69 Å². The molecule has 0 spiro atoms. The lowest BCUT2D eigenvalue weighted by atomic mass is 9.94. The minimum atomic E-state index is -4.82. The number of halogens is 7. The Morgan fingerprint density at radius 3 is 1.82 bits per heavy atom. The molecular weight excluding hydrogens is 535 g/mol. The molecule has 0 aromatic heterocycles. The number of hydrogen-bond donors (Lipinski definition) is 0. The van der Waals surface area contributed by atoms with E-state index in [-0.39, 0.29) is 38.9 Å². The Hall–Kier alpha value is -5.24. The number of alkyl halides is 6. The van der Waals surface area contributed by atoms with Crippen molar-refractivity contribution in [2.75, 3.05) is 0 Å². The maximum atomic E-state index is 15.5. The van der Waals surface area contributed by atoms with Crippen LogP contribution >= 0.6 is 0 Å². The molecule has 0 radical (unpaired) electrons. The van der Waals surface area contributed by atoms with Crippen molar-refractivity contribution in [1.82, 2.24) is 0 Å². The number of hydrogen-bond acceptors (Lipinski definition) is 2. The Bertz CT molecular complexity index is 1740. The van der Waals surface area contributed by atoms with E-state index in [1.54, 1.807) is 12.1 Å². The van der Waals surface area contributed by atoms with Crippen LogP contribution in [0.25, 0.3) is 4.85 Å². The highest BCUT2D eigenvalue weighted by atomic mass is 19.4. The average Bonchev–Trinajstić information content (AvgIpc) is 2.88. The van der Waals surface area contributed by atoms with Crippen LogP contribution in [0.4, 0.5) is 36.4 Å². The number of rotatable bonds is 2. The van der Waals surface area contributed by atoms with Crippen LogP contribution in [0.5, 0.6) is 0 Å². The van der Waals surface area contributed by atoms with E-state index in [9.17, 15) is 36.9 Å². The fourth-order valence-electron chi connectivity index (χ4n) is 3.70. The topological polar surface area (TPSA) is 51.9 Å². The molecule has 0 fully saturated rings. The second-order valence-electron chi connectivity index (χ2n) is 8.34. The van der Waals surface area contributed by atoms with E-state index >= 15 is 4.39 Å². The van der Waals surface area contributed by atoms with Crippen molar-refractivity contribution in [3.05, 3.63) is 110 Å². The van der Waals surface area contributed by atoms with Crippen molar-refractivity contribution in [2.45, 2.75) is 32.1 Å². The first kappa shape index (κ1) is 29.3. The van der Waals surface area contributed by atoms with Gasteiger partial charge >= 0.3 is 12.4 Å². The van der Waals surface area contributed by atoms with E-state index in [0.717, 1.165) is 18.2 Å². The Labute approximate surface area is 224 Å². The first-order valence-electron chi connectivity index (χ1n) is 11.2. The summed E-state index contributed by atoms with van der Waals surface area (Å²) in [5.74, 6) is 9.14. The van der Waals surface area contributed by atoms with Gasteiger partial charge in [-0.25, -0.2) is 9.24 Å². The maximum Gasteiger partial charge on any atom is 0.416 e. The molecule has 3 nitrogen and oxygen atoms in total. The van der Waals surface area contributed by atoms with Crippen molar-refractivity contribution in [3.8, 4) is 35.8 Å². The average molecular weight is 549 g/mol. The van der Waals surface area contributed by atoms with Crippen LogP contribution in [-0.2, 0) is 25.2 Å². The molecule has 3 rings (SSSR count).